The zero-order valence-electron chi connectivity index (χ0n) is 8.72. The van der Waals surface area contributed by atoms with Gasteiger partial charge in [0.05, 0.1) is 5.69 Å². The first-order chi connectivity index (χ1) is 6.47. The van der Waals surface area contributed by atoms with Gasteiger partial charge in [-0.05, 0) is 18.3 Å². The number of halogens is 1. The maximum atomic E-state index is 6.00. The first-order valence-corrected chi connectivity index (χ1v) is 6.33. The van der Waals surface area contributed by atoms with E-state index in [4.69, 9.17) is 11.6 Å². The molecule has 3 rings (SSSR count). The predicted molar refractivity (Wildman–Crippen MR) is 60.2 cm³/mol. The summed E-state index contributed by atoms with van der Waals surface area (Å²) in [6.45, 7) is 7.12. The van der Waals surface area contributed by atoms with Crippen LogP contribution < -0.4 is 0 Å². The van der Waals surface area contributed by atoms with Crippen LogP contribution in [-0.2, 0) is 5.41 Å². The molecule has 1 aromatic rings. The summed E-state index contributed by atoms with van der Waals surface area (Å²) in [6, 6.07) is 0. The van der Waals surface area contributed by atoms with E-state index in [2.05, 4.69) is 25.8 Å². The van der Waals surface area contributed by atoms with E-state index < -0.39 is 0 Å². The van der Waals surface area contributed by atoms with Crippen LogP contribution in [0.15, 0.2) is 0 Å². The van der Waals surface area contributed by atoms with Gasteiger partial charge in [0.15, 0.2) is 4.47 Å². The molecule has 1 heterocycles. The lowest BCUT2D eigenvalue weighted by Crippen LogP contribution is -2.31. The van der Waals surface area contributed by atoms with Crippen molar-refractivity contribution in [2.75, 3.05) is 0 Å². The molecule has 0 unspecified atom stereocenters. The van der Waals surface area contributed by atoms with Crippen LogP contribution in [0.25, 0.3) is 0 Å². The van der Waals surface area contributed by atoms with Crippen LogP contribution in [0.5, 0.6) is 0 Å². The van der Waals surface area contributed by atoms with Gasteiger partial charge in [-0.2, -0.15) is 0 Å². The molecule has 76 valence electrons. The van der Waals surface area contributed by atoms with Gasteiger partial charge in [0.2, 0.25) is 0 Å². The lowest BCUT2D eigenvalue weighted by molar-refractivity contribution is 0.227. The highest BCUT2D eigenvalue weighted by atomic mass is 35.5. The number of nitrogens with zero attached hydrogens (tertiary/aromatic N) is 1. The van der Waals surface area contributed by atoms with Gasteiger partial charge in [0.1, 0.15) is 0 Å². The van der Waals surface area contributed by atoms with Crippen molar-refractivity contribution in [3.8, 4) is 0 Å². The van der Waals surface area contributed by atoms with E-state index in [0.29, 0.717) is 11.3 Å². The average Bonchev–Trinajstić information content (AvgIpc) is 2.59. The Bertz CT molecular complexity index is 409. The minimum absolute atomic E-state index is 0.274. The standard InChI is InChI=1S/C11H14ClNS/c1-10(2)6-4-5-11(10,3)8-7(6)14-9(12)13-8/h6H,4-5H2,1-3H3/t6-,11-/m1/s1. The maximum Gasteiger partial charge on any atom is 0.184 e. The van der Waals surface area contributed by atoms with Crippen LogP contribution in [0.1, 0.15) is 50.1 Å². The summed E-state index contributed by atoms with van der Waals surface area (Å²) in [5, 5.41) is 0. The minimum Gasteiger partial charge on any atom is -0.229 e. The summed E-state index contributed by atoms with van der Waals surface area (Å²) < 4.78 is 0.726. The van der Waals surface area contributed by atoms with Gasteiger partial charge in [0, 0.05) is 16.2 Å². The average molecular weight is 228 g/mol. The Labute approximate surface area is 93.5 Å². The molecule has 0 spiro atoms. The third kappa shape index (κ3) is 0.772. The Morgan fingerprint density at radius 1 is 1.43 bits per heavy atom. The second-order valence-electron chi connectivity index (χ2n) is 5.32. The number of fused-ring (bicyclic) bond motifs is 5. The molecule has 1 aromatic heterocycles. The summed E-state index contributed by atoms with van der Waals surface area (Å²) in [5.41, 5.74) is 1.95. The molecule has 0 aliphatic heterocycles. The first kappa shape index (κ1) is 9.17. The van der Waals surface area contributed by atoms with Crippen LogP contribution in [0.2, 0.25) is 4.47 Å². The first-order valence-electron chi connectivity index (χ1n) is 5.13. The summed E-state index contributed by atoms with van der Waals surface area (Å²) in [7, 11) is 0. The highest BCUT2D eigenvalue weighted by Crippen LogP contribution is 2.68. The van der Waals surface area contributed by atoms with E-state index in [1.165, 1.54) is 23.4 Å². The molecule has 1 nitrogen and oxygen atoms in total. The zero-order valence-corrected chi connectivity index (χ0v) is 10.3. The van der Waals surface area contributed by atoms with E-state index in [0.717, 1.165) is 4.47 Å². The Hall–Kier alpha value is -0.0800. The van der Waals surface area contributed by atoms with Crippen molar-refractivity contribution >= 4 is 22.9 Å². The highest BCUT2D eigenvalue weighted by molar-refractivity contribution is 7.16. The fraction of sp³-hybridized carbons (Fsp3) is 0.727. The van der Waals surface area contributed by atoms with E-state index in [9.17, 15) is 0 Å². The molecule has 0 saturated heterocycles. The zero-order chi connectivity index (χ0) is 10.1. The predicted octanol–water partition coefficient (Wildman–Crippen LogP) is 3.97. The number of hydrogen-bond donors (Lipinski definition) is 0. The molecule has 2 aliphatic rings. The Kier molecular flexibility index (Phi) is 1.54. The number of rotatable bonds is 0. The van der Waals surface area contributed by atoms with Gasteiger partial charge in [-0.1, -0.05) is 32.4 Å². The van der Waals surface area contributed by atoms with Gasteiger partial charge in [-0.15, -0.1) is 11.3 Å². The van der Waals surface area contributed by atoms with Crippen molar-refractivity contribution in [2.24, 2.45) is 5.41 Å². The van der Waals surface area contributed by atoms with Gasteiger partial charge in [-0.3, -0.25) is 0 Å². The number of hydrogen-bond acceptors (Lipinski definition) is 2. The number of thiazole rings is 1. The summed E-state index contributed by atoms with van der Waals surface area (Å²) in [5.74, 6) is 0.701. The van der Waals surface area contributed by atoms with Crippen molar-refractivity contribution in [3.05, 3.63) is 15.0 Å². The van der Waals surface area contributed by atoms with E-state index in [1.54, 1.807) is 11.3 Å². The molecular formula is C11H14ClNS. The second-order valence-corrected chi connectivity index (χ2v) is 6.94. The normalized spacial score (nSPS) is 37.6. The smallest absolute Gasteiger partial charge is 0.184 e. The number of aromatic nitrogens is 1. The van der Waals surface area contributed by atoms with E-state index >= 15 is 0 Å². The molecular weight excluding hydrogens is 214 g/mol. The fourth-order valence-corrected chi connectivity index (χ4v) is 4.89. The van der Waals surface area contributed by atoms with Gasteiger partial charge in [-0.25, -0.2) is 4.98 Å². The molecule has 2 atom stereocenters. The highest BCUT2D eigenvalue weighted by Gasteiger charge is 2.61. The van der Waals surface area contributed by atoms with Crippen LogP contribution in [0, 0.1) is 5.41 Å². The van der Waals surface area contributed by atoms with Crippen molar-refractivity contribution in [2.45, 2.75) is 44.9 Å². The molecule has 1 saturated carbocycles. The Balaban J connectivity index is 2.28. The van der Waals surface area contributed by atoms with Gasteiger partial charge >= 0.3 is 0 Å². The maximum absolute atomic E-state index is 6.00. The molecule has 0 aromatic carbocycles. The molecule has 0 N–H and O–H groups in total. The fourth-order valence-electron chi connectivity index (χ4n) is 3.32. The second kappa shape index (κ2) is 2.35. The van der Waals surface area contributed by atoms with Gasteiger partial charge < -0.3 is 0 Å². The van der Waals surface area contributed by atoms with Crippen molar-refractivity contribution in [3.63, 3.8) is 0 Å². The molecule has 2 bridgehead atoms. The SMILES string of the molecule is CC1(C)[C@@H]2CC[C@]1(C)c1nc(Cl)sc12. The lowest BCUT2D eigenvalue weighted by atomic mass is 9.70. The van der Waals surface area contributed by atoms with Crippen molar-refractivity contribution < 1.29 is 0 Å². The Morgan fingerprint density at radius 3 is 2.79 bits per heavy atom. The van der Waals surface area contributed by atoms with E-state index in [1.807, 2.05) is 0 Å². The van der Waals surface area contributed by atoms with Crippen LogP contribution >= 0.6 is 22.9 Å². The molecule has 3 heteroatoms. The Morgan fingerprint density at radius 2 is 2.14 bits per heavy atom. The largest absolute Gasteiger partial charge is 0.229 e. The summed E-state index contributed by atoms with van der Waals surface area (Å²) in [4.78, 5) is 5.99. The van der Waals surface area contributed by atoms with Crippen molar-refractivity contribution in [1.29, 1.82) is 0 Å². The van der Waals surface area contributed by atoms with E-state index in [-0.39, 0.29) is 5.41 Å². The summed E-state index contributed by atoms with van der Waals surface area (Å²) in [6.07, 6.45) is 2.59. The molecule has 2 aliphatic carbocycles. The van der Waals surface area contributed by atoms with Crippen LogP contribution in [-0.4, -0.2) is 4.98 Å². The third-order valence-electron chi connectivity index (χ3n) is 4.69. The van der Waals surface area contributed by atoms with Crippen LogP contribution in [0.4, 0.5) is 0 Å². The quantitative estimate of drug-likeness (QED) is 0.654. The van der Waals surface area contributed by atoms with Crippen molar-refractivity contribution in [1.82, 2.24) is 4.98 Å². The molecule has 14 heavy (non-hydrogen) atoms. The van der Waals surface area contributed by atoms with Gasteiger partial charge in [0.25, 0.3) is 0 Å². The lowest BCUT2D eigenvalue weighted by Gasteiger charge is -2.34. The third-order valence-corrected chi connectivity index (χ3v) is 5.97. The minimum atomic E-state index is 0.274. The molecule has 1 fully saturated rings. The monoisotopic (exact) mass is 227 g/mol. The topological polar surface area (TPSA) is 12.9 Å². The van der Waals surface area contributed by atoms with Crippen LogP contribution in [0.3, 0.4) is 0 Å². The molecule has 0 amide bonds. The summed E-state index contributed by atoms with van der Waals surface area (Å²) >= 11 is 7.69. The molecule has 0 radical (unpaired) electrons.